The Morgan fingerprint density at radius 3 is 2.67 bits per heavy atom. The molecule has 0 radical (unpaired) electrons. The van der Waals surface area contributed by atoms with Crippen molar-refractivity contribution in [1.29, 1.82) is 0 Å². The fourth-order valence-corrected chi connectivity index (χ4v) is 2.55. The second-order valence-electron chi connectivity index (χ2n) is 5.24. The van der Waals surface area contributed by atoms with E-state index in [2.05, 4.69) is 37.9 Å². The van der Waals surface area contributed by atoms with Gasteiger partial charge in [-0.05, 0) is 34.2 Å². The van der Waals surface area contributed by atoms with Crippen LogP contribution in [-0.2, 0) is 4.74 Å². The van der Waals surface area contributed by atoms with Crippen molar-refractivity contribution >= 4 is 0 Å². The molecule has 1 saturated heterocycles. The van der Waals surface area contributed by atoms with E-state index in [4.69, 9.17) is 4.74 Å². The molecule has 1 aliphatic rings. The second kappa shape index (κ2) is 5.28. The first-order valence-electron chi connectivity index (χ1n) is 6.05. The van der Waals surface area contributed by atoms with Crippen LogP contribution in [0.4, 0.5) is 0 Å². The van der Waals surface area contributed by atoms with Crippen molar-refractivity contribution in [3.8, 4) is 0 Å². The SMILES string of the molecule is CCC(CNC)N1CC(C)OC(C)(C)C1. The smallest absolute Gasteiger partial charge is 0.0757 e. The van der Waals surface area contributed by atoms with E-state index in [-0.39, 0.29) is 5.60 Å². The molecule has 1 fully saturated rings. The largest absolute Gasteiger partial charge is 0.370 e. The molecule has 2 atom stereocenters. The minimum absolute atomic E-state index is 0.00116. The zero-order valence-corrected chi connectivity index (χ0v) is 10.8. The van der Waals surface area contributed by atoms with E-state index in [1.807, 2.05) is 7.05 Å². The van der Waals surface area contributed by atoms with Crippen LogP contribution >= 0.6 is 0 Å². The molecule has 3 heteroatoms. The zero-order chi connectivity index (χ0) is 11.5. The maximum Gasteiger partial charge on any atom is 0.0757 e. The fourth-order valence-electron chi connectivity index (χ4n) is 2.55. The van der Waals surface area contributed by atoms with Gasteiger partial charge in [-0.1, -0.05) is 6.92 Å². The summed E-state index contributed by atoms with van der Waals surface area (Å²) < 4.78 is 5.91. The predicted octanol–water partition coefficient (Wildman–Crippen LogP) is 1.48. The number of nitrogens with one attached hydrogen (secondary N) is 1. The summed E-state index contributed by atoms with van der Waals surface area (Å²) in [7, 11) is 2.03. The van der Waals surface area contributed by atoms with Crippen molar-refractivity contribution in [1.82, 2.24) is 10.2 Å². The molecule has 0 spiro atoms. The molecule has 1 rings (SSSR count). The number of ether oxygens (including phenoxy) is 1. The molecule has 0 saturated carbocycles. The van der Waals surface area contributed by atoms with Crippen LogP contribution in [0.1, 0.15) is 34.1 Å². The van der Waals surface area contributed by atoms with Crippen LogP contribution in [0, 0.1) is 0 Å². The predicted molar refractivity (Wildman–Crippen MR) is 64.2 cm³/mol. The highest BCUT2D eigenvalue weighted by Crippen LogP contribution is 2.22. The number of nitrogens with zero attached hydrogens (tertiary/aromatic N) is 1. The second-order valence-corrected chi connectivity index (χ2v) is 5.24. The van der Waals surface area contributed by atoms with Gasteiger partial charge >= 0.3 is 0 Å². The molecule has 2 unspecified atom stereocenters. The molecule has 90 valence electrons. The Morgan fingerprint density at radius 1 is 1.53 bits per heavy atom. The third-order valence-corrected chi connectivity index (χ3v) is 3.02. The summed E-state index contributed by atoms with van der Waals surface area (Å²) in [6.07, 6.45) is 1.54. The van der Waals surface area contributed by atoms with Crippen molar-refractivity contribution < 1.29 is 4.74 Å². The Kier molecular flexibility index (Phi) is 4.56. The molecule has 0 aromatic rings. The summed E-state index contributed by atoms with van der Waals surface area (Å²) in [5, 5.41) is 3.28. The first-order valence-corrected chi connectivity index (χ1v) is 6.05. The number of hydrogen-bond donors (Lipinski definition) is 1. The molecule has 0 amide bonds. The molecule has 1 N–H and O–H groups in total. The Hall–Kier alpha value is -0.120. The number of morpholine rings is 1. The van der Waals surface area contributed by atoms with Gasteiger partial charge in [0, 0.05) is 25.7 Å². The molecule has 3 nitrogen and oxygen atoms in total. The van der Waals surface area contributed by atoms with Gasteiger partial charge in [-0.15, -0.1) is 0 Å². The quantitative estimate of drug-likeness (QED) is 0.767. The zero-order valence-electron chi connectivity index (χ0n) is 10.8. The van der Waals surface area contributed by atoms with Gasteiger partial charge in [0.2, 0.25) is 0 Å². The monoisotopic (exact) mass is 214 g/mol. The summed E-state index contributed by atoms with van der Waals surface area (Å²) >= 11 is 0. The lowest BCUT2D eigenvalue weighted by atomic mass is 10.0. The van der Waals surface area contributed by atoms with Gasteiger partial charge < -0.3 is 10.1 Å². The number of likely N-dealkylation sites (N-methyl/N-ethyl adjacent to an activating group) is 1. The first kappa shape index (κ1) is 12.9. The highest BCUT2D eigenvalue weighted by molar-refractivity contribution is 4.86. The van der Waals surface area contributed by atoms with Crippen LogP contribution in [0.3, 0.4) is 0 Å². The number of rotatable bonds is 4. The van der Waals surface area contributed by atoms with Gasteiger partial charge in [-0.2, -0.15) is 0 Å². The number of hydrogen-bond acceptors (Lipinski definition) is 3. The first-order chi connectivity index (χ1) is 6.98. The van der Waals surface area contributed by atoms with Crippen LogP contribution in [0.5, 0.6) is 0 Å². The highest BCUT2D eigenvalue weighted by Gasteiger charge is 2.33. The molecular formula is C12H26N2O. The summed E-state index contributed by atoms with van der Waals surface area (Å²) in [5.41, 5.74) is -0.00116. The molecule has 1 heterocycles. The molecule has 0 aromatic heterocycles. The Morgan fingerprint density at radius 2 is 2.20 bits per heavy atom. The standard InChI is InChI=1S/C12H26N2O/c1-6-11(7-13-5)14-8-10(2)15-12(3,4)9-14/h10-11,13H,6-9H2,1-5H3. The van der Waals surface area contributed by atoms with Crippen LogP contribution in [0.25, 0.3) is 0 Å². The maximum absolute atomic E-state index is 5.91. The molecule has 0 aromatic carbocycles. The van der Waals surface area contributed by atoms with Crippen LogP contribution < -0.4 is 5.32 Å². The fraction of sp³-hybridized carbons (Fsp3) is 1.00. The van der Waals surface area contributed by atoms with Crippen molar-refractivity contribution in [3.63, 3.8) is 0 Å². The summed E-state index contributed by atoms with van der Waals surface area (Å²) in [5.74, 6) is 0. The highest BCUT2D eigenvalue weighted by atomic mass is 16.5. The average Bonchev–Trinajstić information content (AvgIpc) is 2.10. The molecular weight excluding hydrogens is 188 g/mol. The summed E-state index contributed by atoms with van der Waals surface area (Å²) in [6, 6.07) is 0.639. The summed E-state index contributed by atoms with van der Waals surface area (Å²) in [4.78, 5) is 2.56. The lowest BCUT2D eigenvalue weighted by Gasteiger charge is -2.45. The van der Waals surface area contributed by atoms with E-state index >= 15 is 0 Å². The van der Waals surface area contributed by atoms with Crippen molar-refractivity contribution in [3.05, 3.63) is 0 Å². The normalized spacial score (nSPS) is 29.0. The van der Waals surface area contributed by atoms with Crippen molar-refractivity contribution in [2.75, 3.05) is 26.7 Å². The topological polar surface area (TPSA) is 24.5 Å². The van der Waals surface area contributed by atoms with E-state index in [1.165, 1.54) is 6.42 Å². The lowest BCUT2D eigenvalue weighted by molar-refractivity contribution is -0.137. The lowest BCUT2D eigenvalue weighted by Crippen LogP contribution is -2.56. The molecule has 15 heavy (non-hydrogen) atoms. The Balaban J connectivity index is 2.59. The van der Waals surface area contributed by atoms with Crippen molar-refractivity contribution in [2.45, 2.75) is 51.9 Å². The van der Waals surface area contributed by atoms with Gasteiger partial charge in [0.1, 0.15) is 0 Å². The third kappa shape index (κ3) is 3.74. The Labute approximate surface area is 94.2 Å². The minimum Gasteiger partial charge on any atom is -0.370 e. The van der Waals surface area contributed by atoms with Gasteiger partial charge in [0.05, 0.1) is 11.7 Å². The molecule has 0 bridgehead atoms. The van der Waals surface area contributed by atoms with Crippen LogP contribution in [-0.4, -0.2) is 49.3 Å². The van der Waals surface area contributed by atoms with E-state index in [0.717, 1.165) is 19.6 Å². The van der Waals surface area contributed by atoms with Crippen LogP contribution in [0.2, 0.25) is 0 Å². The van der Waals surface area contributed by atoms with Gasteiger partial charge in [-0.3, -0.25) is 4.90 Å². The van der Waals surface area contributed by atoms with Crippen LogP contribution in [0.15, 0.2) is 0 Å². The van der Waals surface area contributed by atoms with E-state index in [1.54, 1.807) is 0 Å². The van der Waals surface area contributed by atoms with Gasteiger partial charge in [-0.25, -0.2) is 0 Å². The van der Waals surface area contributed by atoms with Gasteiger partial charge in [0.15, 0.2) is 0 Å². The Bertz CT molecular complexity index is 194. The minimum atomic E-state index is -0.00116. The van der Waals surface area contributed by atoms with E-state index in [0.29, 0.717) is 12.1 Å². The third-order valence-electron chi connectivity index (χ3n) is 3.02. The molecule has 1 aliphatic heterocycles. The van der Waals surface area contributed by atoms with Gasteiger partial charge in [0.25, 0.3) is 0 Å². The van der Waals surface area contributed by atoms with E-state index < -0.39 is 0 Å². The van der Waals surface area contributed by atoms with Crippen molar-refractivity contribution in [2.24, 2.45) is 0 Å². The maximum atomic E-state index is 5.91. The van der Waals surface area contributed by atoms with E-state index in [9.17, 15) is 0 Å². The average molecular weight is 214 g/mol. The molecule has 0 aliphatic carbocycles. The summed E-state index contributed by atoms with van der Waals surface area (Å²) in [6.45, 7) is 12.0.